The molecule has 0 amide bonds. The summed E-state index contributed by atoms with van der Waals surface area (Å²) in [6.07, 6.45) is 0.150. The molecule has 1 fully saturated rings. The number of carbonyl (C=O) groups excluding carboxylic acids is 1. The molecule has 1 aliphatic rings. The van der Waals surface area contributed by atoms with Gasteiger partial charge in [0.2, 0.25) is 0 Å². The quantitative estimate of drug-likeness (QED) is 0.790. The summed E-state index contributed by atoms with van der Waals surface area (Å²) in [5.41, 5.74) is -1.45. The van der Waals surface area contributed by atoms with E-state index in [1.54, 1.807) is 14.0 Å². The Morgan fingerprint density at radius 2 is 2.00 bits per heavy atom. The molecule has 0 radical (unpaired) electrons. The maximum absolute atomic E-state index is 12.0. The Labute approximate surface area is 96.9 Å². The molecule has 1 saturated carbocycles. The zero-order valence-corrected chi connectivity index (χ0v) is 10.7. The number of Topliss-reactive ketones (excluding diaryl/α,β-unsaturated/α-hetero) is 1. The number of hydrogen-bond donors (Lipinski definition) is 1. The van der Waals surface area contributed by atoms with Crippen molar-refractivity contribution in [2.24, 2.45) is 5.92 Å². The molecule has 16 heavy (non-hydrogen) atoms. The SMILES string of the molecule is COC(C)(C)C1CC(=O)C(C)(OC)C(O)C1. The molecule has 0 spiro atoms. The molecule has 0 bridgehead atoms. The number of aliphatic hydroxyl groups is 1. The molecule has 1 N–H and O–H groups in total. The molecule has 4 heteroatoms. The Bertz CT molecular complexity index is 274. The molecule has 1 rings (SSSR count). The second-order valence-corrected chi connectivity index (χ2v) is 5.19. The van der Waals surface area contributed by atoms with Crippen LogP contribution >= 0.6 is 0 Å². The van der Waals surface area contributed by atoms with Crippen molar-refractivity contribution in [3.63, 3.8) is 0 Å². The Balaban J connectivity index is 2.86. The minimum Gasteiger partial charge on any atom is -0.390 e. The Morgan fingerprint density at radius 1 is 1.44 bits per heavy atom. The first-order chi connectivity index (χ1) is 7.28. The highest BCUT2D eigenvalue weighted by Crippen LogP contribution is 2.38. The zero-order valence-electron chi connectivity index (χ0n) is 10.7. The highest BCUT2D eigenvalue weighted by atomic mass is 16.5. The first kappa shape index (κ1) is 13.6. The summed E-state index contributed by atoms with van der Waals surface area (Å²) in [5, 5.41) is 10.0. The highest BCUT2D eigenvalue weighted by Gasteiger charge is 2.49. The minimum absolute atomic E-state index is 0.0308. The molecular weight excluding hydrogens is 208 g/mol. The topological polar surface area (TPSA) is 55.8 Å². The smallest absolute Gasteiger partial charge is 0.167 e. The lowest BCUT2D eigenvalue weighted by atomic mass is 9.71. The van der Waals surface area contributed by atoms with Gasteiger partial charge in [0.1, 0.15) is 5.60 Å². The van der Waals surface area contributed by atoms with Crippen LogP contribution in [0.3, 0.4) is 0 Å². The van der Waals surface area contributed by atoms with Gasteiger partial charge in [-0.25, -0.2) is 0 Å². The number of aliphatic hydroxyl groups excluding tert-OH is 1. The number of ether oxygens (including phenoxy) is 2. The van der Waals surface area contributed by atoms with Crippen molar-refractivity contribution in [3.05, 3.63) is 0 Å². The van der Waals surface area contributed by atoms with Gasteiger partial charge in [-0.3, -0.25) is 4.79 Å². The molecule has 94 valence electrons. The second-order valence-electron chi connectivity index (χ2n) is 5.19. The van der Waals surface area contributed by atoms with Gasteiger partial charge in [-0.05, 0) is 33.1 Å². The summed E-state index contributed by atoms with van der Waals surface area (Å²) in [4.78, 5) is 12.0. The van der Waals surface area contributed by atoms with Crippen LogP contribution in [0.25, 0.3) is 0 Å². The normalized spacial score (nSPS) is 36.5. The van der Waals surface area contributed by atoms with Gasteiger partial charge < -0.3 is 14.6 Å². The fourth-order valence-electron chi connectivity index (χ4n) is 2.14. The largest absolute Gasteiger partial charge is 0.390 e. The second kappa shape index (κ2) is 4.43. The standard InChI is InChI=1S/C12H22O4/c1-11(2,15-4)8-6-9(13)12(3,16-5)10(14)7-8/h8-9,13H,6-7H2,1-5H3. The molecule has 3 unspecified atom stereocenters. The van der Waals surface area contributed by atoms with Crippen molar-refractivity contribution in [1.82, 2.24) is 0 Å². The summed E-state index contributed by atoms with van der Waals surface area (Å²) in [6.45, 7) is 5.52. The van der Waals surface area contributed by atoms with Crippen molar-refractivity contribution >= 4 is 5.78 Å². The van der Waals surface area contributed by atoms with E-state index in [-0.39, 0.29) is 11.7 Å². The number of carbonyl (C=O) groups is 1. The molecule has 0 saturated heterocycles. The molecule has 1 aliphatic carbocycles. The number of ketones is 1. The molecule has 0 aliphatic heterocycles. The van der Waals surface area contributed by atoms with Gasteiger partial charge in [0.25, 0.3) is 0 Å². The number of rotatable bonds is 3. The van der Waals surface area contributed by atoms with Crippen molar-refractivity contribution in [2.75, 3.05) is 14.2 Å². The average Bonchev–Trinajstić information content (AvgIpc) is 2.25. The van der Waals surface area contributed by atoms with E-state index in [0.29, 0.717) is 12.8 Å². The van der Waals surface area contributed by atoms with Crippen LogP contribution in [0.1, 0.15) is 33.6 Å². The van der Waals surface area contributed by atoms with E-state index >= 15 is 0 Å². The molecule has 3 atom stereocenters. The summed E-state index contributed by atoms with van der Waals surface area (Å²) in [5.74, 6) is -0.0212. The van der Waals surface area contributed by atoms with Gasteiger partial charge in [-0.2, -0.15) is 0 Å². The van der Waals surface area contributed by atoms with Crippen LogP contribution in [0.4, 0.5) is 0 Å². The van der Waals surface area contributed by atoms with Gasteiger partial charge in [-0.1, -0.05) is 0 Å². The van der Waals surface area contributed by atoms with E-state index in [9.17, 15) is 9.90 Å². The lowest BCUT2D eigenvalue weighted by molar-refractivity contribution is -0.172. The van der Waals surface area contributed by atoms with Gasteiger partial charge in [-0.15, -0.1) is 0 Å². The van der Waals surface area contributed by atoms with Crippen LogP contribution in [0.15, 0.2) is 0 Å². The summed E-state index contributed by atoms with van der Waals surface area (Å²) < 4.78 is 10.5. The maximum Gasteiger partial charge on any atom is 0.167 e. The predicted molar refractivity (Wildman–Crippen MR) is 60.2 cm³/mol. The van der Waals surface area contributed by atoms with Gasteiger partial charge in [0.05, 0.1) is 11.7 Å². The molecule has 4 nitrogen and oxygen atoms in total. The molecular formula is C12H22O4. The van der Waals surface area contributed by atoms with E-state index < -0.39 is 17.3 Å². The minimum atomic E-state index is -1.06. The van der Waals surface area contributed by atoms with Crippen LogP contribution < -0.4 is 0 Å². The lowest BCUT2D eigenvalue weighted by Crippen LogP contribution is -2.56. The predicted octanol–water partition coefficient (Wildman–Crippen LogP) is 1.16. The van der Waals surface area contributed by atoms with E-state index in [1.807, 2.05) is 13.8 Å². The third-order valence-electron chi connectivity index (χ3n) is 4.06. The fourth-order valence-corrected chi connectivity index (χ4v) is 2.14. The van der Waals surface area contributed by atoms with Gasteiger partial charge in [0, 0.05) is 20.6 Å². The van der Waals surface area contributed by atoms with Crippen molar-refractivity contribution < 1.29 is 19.4 Å². The van der Waals surface area contributed by atoms with E-state index in [0.717, 1.165) is 0 Å². The Morgan fingerprint density at radius 3 is 2.38 bits per heavy atom. The zero-order chi connectivity index (χ0) is 12.6. The monoisotopic (exact) mass is 230 g/mol. The third kappa shape index (κ3) is 2.14. The van der Waals surface area contributed by atoms with Gasteiger partial charge in [0.15, 0.2) is 5.78 Å². The average molecular weight is 230 g/mol. The Hall–Kier alpha value is -0.450. The molecule has 0 aromatic rings. The van der Waals surface area contributed by atoms with E-state index in [1.165, 1.54) is 7.11 Å². The first-order valence-corrected chi connectivity index (χ1v) is 5.59. The molecule has 0 aromatic carbocycles. The first-order valence-electron chi connectivity index (χ1n) is 5.59. The maximum atomic E-state index is 12.0. The van der Waals surface area contributed by atoms with Crippen molar-refractivity contribution in [1.29, 1.82) is 0 Å². The van der Waals surface area contributed by atoms with Crippen LogP contribution in [-0.2, 0) is 14.3 Å². The summed E-state index contributed by atoms with van der Waals surface area (Å²) in [6, 6.07) is 0. The van der Waals surface area contributed by atoms with Crippen molar-refractivity contribution in [3.8, 4) is 0 Å². The molecule has 0 heterocycles. The number of methoxy groups -OCH3 is 2. The van der Waals surface area contributed by atoms with Crippen LogP contribution in [0.2, 0.25) is 0 Å². The summed E-state index contributed by atoms with van der Waals surface area (Å²) >= 11 is 0. The van der Waals surface area contributed by atoms with E-state index in [2.05, 4.69) is 0 Å². The fraction of sp³-hybridized carbons (Fsp3) is 0.917. The van der Waals surface area contributed by atoms with Gasteiger partial charge >= 0.3 is 0 Å². The third-order valence-corrected chi connectivity index (χ3v) is 4.06. The molecule has 0 aromatic heterocycles. The van der Waals surface area contributed by atoms with E-state index in [4.69, 9.17) is 9.47 Å². The number of hydrogen-bond acceptors (Lipinski definition) is 4. The Kier molecular flexibility index (Phi) is 3.77. The highest BCUT2D eigenvalue weighted by molar-refractivity contribution is 5.88. The lowest BCUT2D eigenvalue weighted by Gasteiger charge is -2.43. The van der Waals surface area contributed by atoms with Crippen molar-refractivity contribution in [2.45, 2.75) is 50.9 Å². The van der Waals surface area contributed by atoms with Crippen LogP contribution in [0, 0.1) is 5.92 Å². The summed E-state index contributed by atoms with van der Waals surface area (Å²) in [7, 11) is 3.09. The van der Waals surface area contributed by atoms with Crippen LogP contribution in [-0.4, -0.2) is 42.4 Å². The van der Waals surface area contributed by atoms with Crippen LogP contribution in [0.5, 0.6) is 0 Å².